The zero-order valence-corrected chi connectivity index (χ0v) is 17.4. The number of carbonyl (C=O) groups is 4. The minimum atomic E-state index is -4.90. The molecule has 0 unspecified atom stereocenters. The molecular weight excluding hydrogens is 417 g/mol. The summed E-state index contributed by atoms with van der Waals surface area (Å²) < 4.78 is 38.1. The Kier molecular flexibility index (Phi) is 8.18. The summed E-state index contributed by atoms with van der Waals surface area (Å²) in [4.78, 5) is 51.8. The fraction of sp³-hybridized carbons (Fsp3) is 0.524. The van der Waals surface area contributed by atoms with Gasteiger partial charge in [0, 0.05) is 31.8 Å². The van der Waals surface area contributed by atoms with E-state index in [1.165, 1.54) is 6.92 Å². The lowest BCUT2D eigenvalue weighted by Crippen LogP contribution is -2.46. The summed E-state index contributed by atoms with van der Waals surface area (Å²) in [6.45, 7) is 3.04. The number of alkyl halides is 3. The molecule has 2 rings (SSSR count). The van der Waals surface area contributed by atoms with Gasteiger partial charge in [0.15, 0.2) is 0 Å². The quantitative estimate of drug-likeness (QED) is 0.549. The second kappa shape index (κ2) is 10.4. The van der Waals surface area contributed by atoms with Gasteiger partial charge in [-0.2, -0.15) is 13.2 Å². The summed E-state index contributed by atoms with van der Waals surface area (Å²) >= 11 is 0. The van der Waals surface area contributed by atoms with Crippen molar-refractivity contribution >= 4 is 23.7 Å². The van der Waals surface area contributed by atoms with E-state index in [9.17, 15) is 32.3 Å². The molecule has 1 aromatic carbocycles. The van der Waals surface area contributed by atoms with Crippen LogP contribution < -0.4 is 0 Å². The van der Waals surface area contributed by atoms with Crippen molar-refractivity contribution in [2.24, 2.45) is 0 Å². The monoisotopic (exact) mass is 442 g/mol. The molecular formula is C21H25F3N2O5. The van der Waals surface area contributed by atoms with Crippen molar-refractivity contribution in [2.45, 2.75) is 64.6 Å². The van der Waals surface area contributed by atoms with Crippen molar-refractivity contribution in [2.75, 3.05) is 6.54 Å². The highest BCUT2D eigenvalue weighted by Gasteiger charge is 2.43. The van der Waals surface area contributed by atoms with Crippen LogP contribution in [0.15, 0.2) is 24.3 Å². The maximum atomic E-state index is 12.7. The third kappa shape index (κ3) is 6.80. The fourth-order valence-corrected chi connectivity index (χ4v) is 3.35. The van der Waals surface area contributed by atoms with Crippen LogP contribution in [0.25, 0.3) is 0 Å². The summed E-state index contributed by atoms with van der Waals surface area (Å²) in [5, 5.41) is 0.515. The zero-order chi connectivity index (χ0) is 23.2. The van der Waals surface area contributed by atoms with Gasteiger partial charge < -0.3 is 9.74 Å². The molecule has 1 heterocycles. The molecule has 31 heavy (non-hydrogen) atoms. The van der Waals surface area contributed by atoms with Crippen LogP contribution >= 0.6 is 0 Å². The largest absolute Gasteiger partial charge is 0.471 e. The number of nitrogens with zero attached hydrogens (tertiary/aromatic N) is 2. The molecule has 1 fully saturated rings. The van der Waals surface area contributed by atoms with Gasteiger partial charge in [-0.3, -0.25) is 14.4 Å². The number of imide groups is 1. The predicted octanol–water partition coefficient (Wildman–Crippen LogP) is 2.96. The van der Waals surface area contributed by atoms with Gasteiger partial charge in [-0.05, 0) is 44.2 Å². The molecule has 10 heteroatoms. The number of amides is 3. The highest BCUT2D eigenvalue weighted by molar-refractivity contribution is 6.01. The Labute approximate surface area is 178 Å². The molecule has 3 amide bonds. The second-order valence-electron chi connectivity index (χ2n) is 7.36. The van der Waals surface area contributed by atoms with Crippen molar-refractivity contribution in [1.29, 1.82) is 0 Å². The number of hydrogen-bond acceptors (Lipinski definition) is 5. The zero-order valence-electron chi connectivity index (χ0n) is 17.4. The van der Waals surface area contributed by atoms with Crippen LogP contribution in [0.2, 0.25) is 0 Å². The van der Waals surface area contributed by atoms with Crippen LogP contribution in [0.4, 0.5) is 13.2 Å². The second-order valence-corrected chi connectivity index (χ2v) is 7.36. The van der Waals surface area contributed by atoms with Crippen molar-refractivity contribution < 1.29 is 37.2 Å². The SMILES string of the molecule is CCN(C(=O)C(F)(F)F)[C@@H](C)Cc1ccc(CCCC(=O)ON2C(=O)CCC2=O)cc1. The number of likely N-dealkylation sites (N-methyl/N-ethyl adjacent to an activating group) is 1. The topological polar surface area (TPSA) is 84.0 Å². The molecule has 7 nitrogen and oxygen atoms in total. The summed E-state index contributed by atoms with van der Waals surface area (Å²) in [6, 6.07) is 6.55. The normalized spacial score (nSPS) is 15.2. The Balaban J connectivity index is 1.81. The van der Waals surface area contributed by atoms with Gasteiger partial charge in [0.05, 0.1) is 0 Å². The van der Waals surface area contributed by atoms with Gasteiger partial charge in [0.2, 0.25) is 0 Å². The summed E-state index contributed by atoms with van der Waals surface area (Å²) in [6.07, 6.45) is -3.53. The summed E-state index contributed by atoms with van der Waals surface area (Å²) in [7, 11) is 0. The van der Waals surface area contributed by atoms with Gasteiger partial charge in [0.25, 0.3) is 11.8 Å². The highest BCUT2D eigenvalue weighted by Crippen LogP contribution is 2.21. The Morgan fingerprint density at radius 1 is 1.10 bits per heavy atom. The van der Waals surface area contributed by atoms with Crippen LogP contribution in [-0.2, 0) is 36.9 Å². The molecule has 0 aromatic heterocycles. The van der Waals surface area contributed by atoms with Crippen LogP contribution in [0.3, 0.4) is 0 Å². The molecule has 170 valence electrons. The van der Waals surface area contributed by atoms with E-state index in [4.69, 9.17) is 4.84 Å². The molecule has 1 aliphatic rings. The molecule has 0 bridgehead atoms. The van der Waals surface area contributed by atoms with E-state index in [1.54, 1.807) is 19.1 Å². The molecule has 1 atom stereocenters. The molecule has 1 aliphatic heterocycles. The van der Waals surface area contributed by atoms with Crippen LogP contribution in [0.5, 0.6) is 0 Å². The van der Waals surface area contributed by atoms with E-state index in [2.05, 4.69) is 0 Å². The molecule has 0 radical (unpaired) electrons. The van der Waals surface area contributed by atoms with E-state index in [0.717, 1.165) is 16.0 Å². The number of carbonyl (C=O) groups excluding carboxylic acids is 4. The van der Waals surface area contributed by atoms with E-state index in [1.807, 2.05) is 12.1 Å². The number of rotatable bonds is 9. The molecule has 1 aromatic rings. The number of hydroxylamine groups is 2. The lowest BCUT2D eigenvalue weighted by molar-refractivity contribution is -0.197. The average Bonchev–Trinajstić information content (AvgIpc) is 3.01. The van der Waals surface area contributed by atoms with E-state index in [0.29, 0.717) is 17.9 Å². The predicted molar refractivity (Wildman–Crippen MR) is 103 cm³/mol. The minimum Gasteiger partial charge on any atom is -0.332 e. The maximum absolute atomic E-state index is 12.7. The number of hydrogen-bond donors (Lipinski definition) is 0. The first kappa shape index (κ1) is 24.4. The van der Waals surface area contributed by atoms with Crippen molar-refractivity contribution in [1.82, 2.24) is 9.96 Å². The maximum Gasteiger partial charge on any atom is 0.471 e. The standard InChI is InChI=1S/C21H25F3N2O5/c1-3-25(20(30)21(22,23)24)14(2)13-16-9-7-15(8-10-16)5-4-6-19(29)31-26-17(27)11-12-18(26)28/h7-10,14H,3-6,11-13H2,1-2H3/t14-/m0/s1. The Morgan fingerprint density at radius 3 is 2.16 bits per heavy atom. The third-order valence-corrected chi connectivity index (χ3v) is 4.98. The lowest BCUT2D eigenvalue weighted by Gasteiger charge is -2.29. The first-order valence-corrected chi connectivity index (χ1v) is 10.0. The van der Waals surface area contributed by atoms with Gasteiger partial charge in [-0.25, -0.2) is 4.79 Å². The molecule has 0 aliphatic carbocycles. The van der Waals surface area contributed by atoms with Crippen LogP contribution in [0.1, 0.15) is 50.7 Å². The summed E-state index contributed by atoms with van der Waals surface area (Å²) in [5.41, 5.74) is 1.70. The first-order valence-electron chi connectivity index (χ1n) is 10.0. The summed E-state index contributed by atoms with van der Waals surface area (Å²) in [5.74, 6) is -3.56. The number of halogens is 3. The van der Waals surface area contributed by atoms with Crippen molar-refractivity contribution in [3.63, 3.8) is 0 Å². The van der Waals surface area contributed by atoms with E-state index < -0.39 is 35.9 Å². The molecule has 0 spiro atoms. The average molecular weight is 442 g/mol. The lowest BCUT2D eigenvalue weighted by atomic mass is 10.0. The Morgan fingerprint density at radius 2 is 1.65 bits per heavy atom. The number of benzene rings is 1. The third-order valence-electron chi connectivity index (χ3n) is 4.98. The van der Waals surface area contributed by atoms with Crippen LogP contribution in [0, 0.1) is 0 Å². The molecule has 1 saturated heterocycles. The van der Waals surface area contributed by atoms with Gasteiger partial charge in [-0.15, -0.1) is 5.06 Å². The van der Waals surface area contributed by atoms with E-state index in [-0.39, 0.29) is 32.2 Å². The smallest absolute Gasteiger partial charge is 0.332 e. The van der Waals surface area contributed by atoms with Gasteiger partial charge in [0.1, 0.15) is 0 Å². The van der Waals surface area contributed by atoms with E-state index >= 15 is 0 Å². The highest BCUT2D eigenvalue weighted by atomic mass is 19.4. The first-order chi connectivity index (χ1) is 14.5. The minimum absolute atomic E-state index is 0.0286. The van der Waals surface area contributed by atoms with Crippen LogP contribution in [-0.4, -0.2) is 52.4 Å². The Bertz CT molecular complexity index is 807. The molecule has 0 N–H and O–H groups in total. The van der Waals surface area contributed by atoms with Gasteiger partial charge >= 0.3 is 18.1 Å². The Hall–Kier alpha value is -2.91. The number of aryl methyl sites for hydroxylation is 1. The van der Waals surface area contributed by atoms with Gasteiger partial charge in [-0.1, -0.05) is 24.3 Å². The van der Waals surface area contributed by atoms with Crippen molar-refractivity contribution in [3.8, 4) is 0 Å². The fourth-order valence-electron chi connectivity index (χ4n) is 3.35. The van der Waals surface area contributed by atoms with Crippen molar-refractivity contribution in [3.05, 3.63) is 35.4 Å². The molecule has 0 saturated carbocycles.